The Morgan fingerprint density at radius 1 is 1.00 bits per heavy atom. The molecule has 0 atom stereocenters. The molecule has 0 saturated heterocycles. The van der Waals surface area contributed by atoms with Crippen molar-refractivity contribution in [3.8, 4) is 0 Å². The van der Waals surface area contributed by atoms with E-state index in [4.69, 9.17) is 0 Å². The summed E-state index contributed by atoms with van der Waals surface area (Å²) in [5.74, 6) is 0.0913. The van der Waals surface area contributed by atoms with Gasteiger partial charge in [-0.25, -0.2) is 0 Å². The molecule has 0 fully saturated rings. The Labute approximate surface area is 109 Å². The normalized spacial score (nSPS) is 9.40. The van der Waals surface area contributed by atoms with Crippen LogP contribution in [0.15, 0.2) is 0 Å². The molecule has 0 unspecified atom stereocenters. The van der Waals surface area contributed by atoms with E-state index in [-0.39, 0.29) is 35.3 Å². The lowest BCUT2D eigenvalue weighted by Crippen LogP contribution is -1.97. The van der Waals surface area contributed by atoms with Gasteiger partial charge >= 0.3 is 0 Å². The van der Waals surface area contributed by atoms with Crippen molar-refractivity contribution in [2.75, 3.05) is 0 Å². The molecule has 0 aliphatic carbocycles. The maximum absolute atomic E-state index is 10.9. The first-order chi connectivity index (χ1) is 6.81. The van der Waals surface area contributed by atoms with Crippen LogP contribution in [0.4, 0.5) is 0 Å². The average Bonchev–Trinajstić information content (AvgIpc) is 2.17. The fourth-order valence-electron chi connectivity index (χ4n) is 1.47. The number of carbonyl (C=O) groups excluding carboxylic acids is 2. The average molecular weight is 223 g/mol. The molecular formula is C12H22MgO2. The molecule has 2 radical (unpaired) electrons. The third-order valence-electron chi connectivity index (χ3n) is 2.37. The standard InChI is InChI=1S/C12H22O2.Mg/c1-2-3-4-5-6-7-8-9-12(14)10-11-13;/h11H,2-10H2,1H3;. The van der Waals surface area contributed by atoms with E-state index in [1.165, 1.54) is 32.1 Å². The lowest BCUT2D eigenvalue weighted by atomic mass is 10.1. The fraction of sp³-hybridized carbons (Fsp3) is 0.833. The number of rotatable bonds is 10. The van der Waals surface area contributed by atoms with Gasteiger partial charge in [0, 0.05) is 29.5 Å². The van der Waals surface area contributed by atoms with Crippen molar-refractivity contribution in [2.24, 2.45) is 0 Å². The molecule has 0 bridgehead atoms. The first-order valence-corrected chi connectivity index (χ1v) is 5.76. The van der Waals surface area contributed by atoms with Crippen molar-refractivity contribution in [1.29, 1.82) is 0 Å². The molecule has 2 nitrogen and oxygen atoms in total. The van der Waals surface area contributed by atoms with E-state index >= 15 is 0 Å². The van der Waals surface area contributed by atoms with Gasteiger partial charge in [0.05, 0.1) is 6.42 Å². The molecule has 0 spiro atoms. The summed E-state index contributed by atoms with van der Waals surface area (Å²) in [5, 5.41) is 0. The van der Waals surface area contributed by atoms with Gasteiger partial charge < -0.3 is 4.79 Å². The molecule has 84 valence electrons. The van der Waals surface area contributed by atoms with Gasteiger partial charge in [-0.05, 0) is 6.42 Å². The first-order valence-electron chi connectivity index (χ1n) is 5.76. The molecule has 0 aliphatic heterocycles. The molecule has 0 aromatic carbocycles. The van der Waals surface area contributed by atoms with E-state index in [0.717, 1.165) is 12.8 Å². The van der Waals surface area contributed by atoms with Crippen LogP contribution in [-0.2, 0) is 9.59 Å². The van der Waals surface area contributed by atoms with Crippen molar-refractivity contribution < 1.29 is 9.59 Å². The van der Waals surface area contributed by atoms with Crippen LogP contribution in [0.3, 0.4) is 0 Å². The van der Waals surface area contributed by atoms with Crippen LogP contribution in [0.1, 0.15) is 64.7 Å². The molecule has 0 amide bonds. The van der Waals surface area contributed by atoms with Gasteiger partial charge in [0.1, 0.15) is 12.1 Å². The predicted octanol–water partition coefficient (Wildman–Crippen LogP) is 2.90. The molecular weight excluding hydrogens is 200 g/mol. The van der Waals surface area contributed by atoms with Crippen LogP contribution in [-0.4, -0.2) is 35.1 Å². The number of ketones is 1. The minimum Gasteiger partial charge on any atom is -0.303 e. The van der Waals surface area contributed by atoms with Gasteiger partial charge in [-0.3, -0.25) is 4.79 Å². The molecule has 0 N–H and O–H groups in total. The second kappa shape index (κ2) is 14.1. The van der Waals surface area contributed by atoms with Crippen molar-refractivity contribution in [3.05, 3.63) is 0 Å². The van der Waals surface area contributed by atoms with Crippen LogP contribution in [0.5, 0.6) is 0 Å². The Kier molecular flexibility index (Phi) is 16.5. The molecule has 0 aromatic rings. The second-order valence-electron chi connectivity index (χ2n) is 3.78. The van der Waals surface area contributed by atoms with Crippen molar-refractivity contribution >= 4 is 35.1 Å². The Morgan fingerprint density at radius 3 is 2.07 bits per heavy atom. The zero-order valence-electron chi connectivity index (χ0n) is 9.96. The van der Waals surface area contributed by atoms with E-state index < -0.39 is 0 Å². The zero-order chi connectivity index (χ0) is 10.6. The fourth-order valence-corrected chi connectivity index (χ4v) is 1.47. The molecule has 0 rings (SSSR count). The summed E-state index contributed by atoms with van der Waals surface area (Å²) >= 11 is 0. The highest BCUT2D eigenvalue weighted by Crippen LogP contribution is 2.08. The van der Waals surface area contributed by atoms with Crippen LogP contribution in [0.2, 0.25) is 0 Å². The van der Waals surface area contributed by atoms with E-state index in [1.54, 1.807) is 0 Å². The van der Waals surface area contributed by atoms with Crippen LogP contribution in [0, 0.1) is 0 Å². The van der Waals surface area contributed by atoms with Crippen LogP contribution >= 0.6 is 0 Å². The SMILES string of the molecule is CCCCCCCCCC(=O)CC=O.[Mg]. The Bertz CT molecular complexity index is 158. The Morgan fingerprint density at radius 2 is 1.53 bits per heavy atom. The lowest BCUT2D eigenvalue weighted by molar-refractivity contribution is -0.122. The number of hydrogen-bond donors (Lipinski definition) is 0. The minimum atomic E-state index is 0. The third kappa shape index (κ3) is 14.1. The largest absolute Gasteiger partial charge is 0.303 e. The summed E-state index contributed by atoms with van der Waals surface area (Å²) < 4.78 is 0. The molecule has 0 aromatic heterocycles. The number of Topliss-reactive ketones (excluding diaryl/α,β-unsaturated/α-hetero) is 1. The Hall–Kier alpha value is 0.106. The Balaban J connectivity index is 0. The van der Waals surface area contributed by atoms with Crippen LogP contribution in [0.25, 0.3) is 0 Å². The molecule has 3 heteroatoms. The third-order valence-corrected chi connectivity index (χ3v) is 2.37. The molecule has 0 saturated carbocycles. The highest BCUT2D eigenvalue weighted by Gasteiger charge is 1.99. The summed E-state index contributed by atoms with van der Waals surface area (Å²) in [6.45, 7) is 2.21. The molecule has 15 heavy (non-hydrogen) atoms. The first kappa shape index (κ1) is 17.5. The van der Waals surface area contributed by atoms with Gasteiger partial charge in [-0.15, -0.1) is 0 Å². The number of aldehydes is 1. The maximum Gasteiger partial charge on any atom is 0.139 e. The summed E-state index contributed by atoms with van der Waals surface area (Å²) in [6.07, 6.45) is 9.92. The second-order valence-corrected chi connectivity index (χ2v) is 3.78. The summed E-state index contributed by atoms with van der Waals surface area (Å²) in [6, 6.07) is 0. The van der Waals surface area contributed by atoms with E-state index in [9.17, 15) is 9.59 Å². The summed E-state index contributed by atoms with van der Waals surface area (Å²) in [5.41, 5.74) is 0. The van der Waals surface area contributed by atoms with Gasteiger partial charge in [-0.1, -0.05) is 45.4 Å². The van der Waals surface area contributed by atoms with E-state index in [1.807, 2.05) is 0 Å². The van der Waals surface area contributed by atoms with Gasteiger partial charge in [0.25, 0.3) is 0 Å². The highest BCUT2D eigenvalue weighted by atomic mass is 24.3. The summed E-state index contributed by atoms with van der Waals surface area (Å²) in [7, 11) is 0. The number of unbranched alkanes of at least 4 members (excludes halogenated alkanes) is 6. The van der Waals surface area contributed by atoms with Gasteiger partial charge in [-0.2, -0.15) is 0 Å². The van der Waals surface area contributed by atoms with Gasteiger partial charge in [0.2, 0.25) is 0 Å². The maximum atomic E-state index is 10.9. The van der Waals surface area contributed by atoms with E-state index in [2.05, 4.69) is 6.92 Å². The topological polar surface area (TPSA) is 34.1 Å². The summed E-state index contributed by atoms with van der Waals surface area (Å²) in [4.78, 5) is 20.9. The molecule has 0 heterocycles. The van der Waals surface area contributed by atoms with Crippen molar-refractivity contribution in [1.82, 2.24) is 0 Å². The van der Waals surface area contributed by atoms with Crippen molar-refractivity contribution in [2.45, 2.75) is 64.7 Å². The van der Waals surface area contributed by atoms with Crippen molar-refractivity contribution in [3.63, 3.8) is 0 Å². The zero-order valence-corrected chi connectivity index (χ0v) is 11.4. The quantitative estimate of drug-likeness (QED) is 0.247. The lowest BCUT2D eigenvalue weighted by Gasteiger charge is -1.99. The number of carbonyl (C=O) groups is 2. The predicted molar refractivity (Wildman–Crippen MR) is 64.1 cm³/mol. The smallest absolute Gasteiger partial charge is 0.139 e. The highest BCUT2D eigenvalue weighted by molar-refractivity contribution is 5.89. The monoisotopic (exact) mass is 222 g/mol. The molecule has 0 aliphatic rings. The number of hydrogen-bond acceptors (Lipinski definition) is 2. The van der Waals surface area contributed by atoms with E-state index in [0.29, 0.717) is 12.7 Å². The van der Waals surface area contributed by atoms with Gasteiger partial charge in [0.15, 0.2) is 0 Å². The van der Waals surface area contributed by atoms with Crippen LogP contribution < -0.4 is 0 Å². The minimum absolute atomic E-state index is 0.